The second-order valence-electron chi connectivity index (χ2n) is 6.53. The fourth-order valence-electron chi connectivity index (χ4n) is 3.44. The van der Waals surface area contributed by atoms with E-state index in [2.05, 4.69) is 4.98 Å². The van der Waals surface area contributed by atoms with Crippen molar-refractivity contribution in [3.05, 3.63) is 47.0 Å². The summed E-state index contributed by atoms with van der Waals surface area (Å²) in [6.45, 7) is 0.900. The number of piperidine rings is 1. The van der Waals surface area contributed by atoms with Crippen molar-refractivity contribution in [3.63, 3.8) is 0 Å². The van der Waals surface area contributed by atoms with E-state index in [0.29, 0.717) is 24.5 Å². The molecule has 27 heavy (non-hydrogen) atoms. The molecule has 0 radical (unpaired) electrons. The van der Waals surface area contributed by atoms with Gasteiger partial charge in [-0.15, -0.1) is 11.3 Å². The van der Waals surface area contributed by atoms with Crippen LogP contribution in [0.25, 0.3) is 10.9 Å². The fourth-order valence-corrected chi connectivity index (χ4v) is 3.97. The molecule has 1 fully saturated rings. The van der Waals surface area contributed by atoms with Crippen molar-refractivity contribution >= 4 is 28.1 Å². The summed E-state index contributed by atoms with van der Waals surface area (Å²) in [6.07, 6.45) is 0.714. The summed E-state index contributed by atoms with van der Waals surface area (Å²) in [5.41, 5.74) is 2.89. The highest BCUT2D eigenvalue weighted by Gasteiger charge is 2.26. The Labute approximate surface area is 159 Å². The molecular weight excluding hydrogens is 372 g/mol. The number of halogens is 2. The van der Waals surface area contributed by atoms with Crippen LogP contribution in [0.3, 0.4) is 0 Å². The molecule has 3 aromatic rings. The molecule has 1 aliphatic heterocycles. The van der Waals surface area contributed by atoms with Crippen molar-refractivity contribution in [3.8, 4) is 5.75 Å². The quantitative estimate of drug-likeness (QED) is 0.659. The van der Waals surface area contributed by atoms with Gasteiger partial charge in [0.25, 0.3) is 12.3 Å². The minimum atomic E-state index is -2.40. The number of thiazole rings is 1. The molecule has 3 heterocycles. The van der Waals surface area contributed by atoms with E-state index in [9.17, 15) is 13.6 Å². The first-order valence-corrected chi connectivity index (χ1v) is 9.76. The third-order valence-corrected chi connectivity index (χ3v) is 5.37. The number of carbonyl (C=O) groups excluding carboxylic acids is 1. The van der Waals surface area contributed by atoms with Crippen LogP contribution >= 0.6 is 11.3 Å². The molecule has 5 nitrogen and oxygen atoms in total. The van der Waals surface area contributed by atoms with E-state index in [1.54, 1.807) is 26.6 Å². The molecule has 2 aromatic heterocycles. The first-order valence-electron chi connectivity index (χ1n) is 8.82. The first-order chi connectivity index (χ1) is 13.1. The van der Waals surface area contributed by atoms with Gasteiger partial charge in [-0.25, -0.2) is 13.8 Å². The average molecular weight is 391 g/mol. The number of amides is 1. The lowest BCUT2D eigenvalue weighted by molar-refractivity contribution is 0.0593. The molecule has 0 saturated carbocycles. The standard InChI is InChI=1S/C19H19F2N3O2S/c20-18(21)10-24-9-6-14-16(24)2-1-3-17(14)26-13-4-7-23(8-5-13)19(25)15-11-27-12-22-15/h1-3,6,9,11-13,18H,4-5,7-8,10H2. The third-order valence-electron chi connectivity index (χ3n) is 4.78. The molecular formula is C19H19F2N3O2S. The van der Waals surface area contributed by atoms with E-state index in [4.69, 9.17) is 4.74 Å². The summed E-state index contributed by atoms with van der Waals surface area (Å²) >= 11 is 1.41. The molecule has 0 aliphatic carbocycles. The van der Waals surface area contributed by atoms with Gasteiger partial charge < -0.3 is 14.2 Å². The van der Waals surface area contributed by atoms with Crippen LogP contribution in [0, 0.1) is 0 Å². The zero-order valence-corrected chi connectivity index (χ0v) is 15.4. The van der Waals surface area contributed by atoms with Gasteiger partial charge in [0.15, 0.2) is 0 Å². The molecule has 1 aromatic carbocycles. The Morgan fingerprint density at radius 2 is 2.11 bits per heavy atom. The molecule has 142 valence electrons. The number of benzene rings is 1. The lowest BCUT2D eigenvalue weighted by Gasteiger charge is -2.32. The van der Waals surface area contributed by atoms with Crippen LogP contribution in [0.2, 0.25) is 0 Å². The van der Waals surface area contributed by atoms with Crippen LogP contribution in [0.1, 0.15) is 23.3 Å². The molecule has 0 N–H and O–H groups in total. The van der Waals surface area contributed by atoms with Gasteiger partial charge in [-0.2, -0.15) is 0 Å². The van der Waals surface area contributed by atoms with Crippen LogP contribution in [-0.4, -0.2) is 46.0 Å². The van der Waals surface area contributed by atoms with Gasteiger partial charge in [-0.3, -0.25) is 4.79 Å². The molecule has 1 aliphatic rings. The molecule has 4 rings (SSSR count). The van der Waals surface area contributed by atoms with Gasteiger partial charge in [0, 0.05) is 42.9 Å². The maximum absolute atomic E-state index is 12.7. The monoisotopic (exact) mass is 391 g/mol. The third kappa shape index (κ3) is 3.80. The van der Waals surface area contributed by atoms with Crippen LogP contribution < -0.4 is 4.74 Å². The number of likely N-dealkylation sites (tertiary alicyclic amines) is 1. The van der Waals surface area contributed by atoms with Crippen molar-refractivity contribution < 1.29 is 18.3 Å². The Morgan fingerprint density at radius 1 is 1.30 bits per heavy atom. The zero-order chi connectivity index (χ0) is 18.8. The Morgan fingerprint density at radius 3 is 2.81 bits per heavy atom. The van der Waals surface area contributed by atoms with Crippen molar-refractivity contribution in [2.75, 3.05) is 13.1 Å². The van der Waals surface area contributed by atoms with Gasteiger partial charge >= 0.3 is 0 Å². The predicted molar refractivity (Wildman–Crippen MR) is 99.6 cm³/mol. The van der Waals surface area contributed by atoms with E-state index >= 15 is 0 Å². The summed E-state index contributed by atoms with van der Waals surface area (Å²) in [5.74, 6) is 0.658. The van der Waals surface area contributed by atoms with Crippen molar-refractivity contribution in [2.24, 2.45) is 0 Å². The van der Waals surface area contributed by atoms with Crippen LogP contribution in [0.15, 0.2) is 41.4 Å². The normalized spacial score (nSPS) is 15.6. The van der Waals surface area contributed by atoms with Gasteiger partial charge in [0.1, 0.15) is 17.5 Å². The second kappa shape index (κ2) is 7.64. The van der Waals surface area contributed by atoms with E-state index in [0.717, 1.165) is 23.7 Å². The average Bonchev–Trinajstić information content (AvgIpc) is 3.33. The number of aromatic nitrogens is 2. The molecule has 0 bridgehead atoms. The number of fused-ring (bicyclic) bond motifs is 1. The highest BCUT2D eigenvalue weighted by molar-refractivity contribution is 7.07. The van der Waals surface area contributed by atoms with Gasteiger partial charge in [0.05, 0.1) is 17.6 Å². The minimum Gasteiger partial charge on any atom is -0.490 e. The molecule has 8 heteroatoms. The number of alkyl halides is 2. The van der Waals surface area contributed by atoms with E-state index in [1.807, 2.05) is 24.3 Å². The summed E-state index contributed by atoms with van der Waals surface area (Å²) in [5, 5.41) is 2.59. The smallest absolute Gasteiger partial charge is 0.273 e. The topological polar surface area (TPSA) is 47.4 Å². The zero-order valence-electron chi connectivity index (χ0n) is 14.6. The first kappa shape index (κ1) is 17.9. The number of hydrogen-bond donors (Lipinski definition) is 0. The predicted octanol–water partition coefficient (Wildman–Crippen LogP) is 4.05. The Bertz CT molecular complexity index is 918. The van der Waals surface area contributed by atoms with Gasteiger partial charge in [-0.05, 0) is 18.2 Å². The van der Waals surface area contributed by atoms with E-state index in [-0.39, 0.29) is 18.6 Å². The maximum Gasteiger partial charge on any atom is 0.273 e. The minimum absolute atomic E-state index is 0.00599. The summed E-state index contributed by atoms with van der Waals surface area (Å²) in [6, 6.07) is 7.32. The highest BCUT2D eigenvalue weighted by Crippen LogP contribution is 2.29. The van der Waals surface area contributed by atoms with Crippen molar-refractivity contribution in [1.82, 2.24) is 14.5 Å². The van der Waals surface area contributed by atoms with Crippen molar-refractivity contribution in [2.45, 2.75) is 31.9 Å². The number of carbonyl (C=O) groups is 1. The summed E-state index contributed by atoms with van der Waals surface area (Å²) in [4.78, 5) is 18.2. The molecule has 0 spiro atoms. The van der Waals surface area contributed by atoms with Crippen LogP contribution in [0.5, 0.6) is 5.75 Å². The lowest BCUT2D eigenvalue weighted by Crippen LogP contribution is -2.41. The van der Waals surface area contributed by atoms with Gasteiger partial charge in [0.2, 0.25) is 0 Å². The lowest BCUT2D eigenvalue weighted by atomic mass is 10.1. The molecule has 0 unspecified atom stereocenters. The SMILES string of the molecule is O=C(c1cscn1)N1CCC(Oc2cccc3c2ccn3CC(F)F)CC1. The van der Waals surface area contributed by atoms with Crippen LogP contribution in [0.4, 0.5) is 8.78 Å². The number of ether oxygens (including phenoxy) is 1. The van der Waals surface area contributed by atoms with Crippen LogP contribution in [-0.2, 0) is 6.54 Å². The largest absolute Gasteiger partial charge is 0.490 e. The number of rotatable bonds is 5. The number of nitrogens with zero attached hydrogens (tertiary/aromatic N) is 3. The Balaban J connectivity index is 1.42. The summed E-state index contributed by atoms with van der Waals surface area (Å²) < 4.78 is 33.1. The highest BCUT2D eigenvalue weighted by atomic mass is 32.1. The second-order valence-corrected chi connectivity index (χ2v) is 7.25. The fraction of sp³-hybridized carbons (Fsp3) is 0.368. The Hall–Kier alpha value is -2.48. The molecule has 0 atom stereocenters. The van der Waals surface area contributed by atoms with E-state index < -0.39 is 6.43 Å². The van der Waals surface area contributed by atoms with E-state index in [1.165, 1.54) is 11.3 Å². The van der Waals surface area contributed by atoms with Gasteiger partial charge in [-0.1, -0.05) is 6.07 Å². The molecule has 1 saturated heterocycles. The number of hydrogen-bond acceptors (Lipinski definition) is 4. The Kier molecular flexibility index (Phi) is 5.07. The maximum atomic E-state index is 12.7. The summed E-state index contributed by atoms with van der Waals surface area (Å²) in [7, 11) is 0. The molecule has 1 amide bonds. The van der Waals surface area contributed by atoms with Crippen molar-refractivity contribution in [1.29, 1.82) is 0 Å².